The van der Waals surface area contributed by atoms with Crippen LogP contribution >= 0.6 is 61.1 Å². The van der Waals surface area contributed by atoms with Crippen LogP contribution in [0.2, 0.25) is 0 Å². The third kappa shape index (κ3) is 3.71. The van der Waals surface area contributed by atoms with E-state index in [2.05, 4.69) is 97.5 Å². The van der Waals surface area contributed by atoms with Crippen LogP contribution in [0.15, 0.2) is 53.0 Å². The lowest BCUT2D eigenvalue weighted by molar-refractivity contribution is 0.191. The Labute approximate surface area is 149 Å². The second-order valence-corrected chi connectivity index (χ2v) is 10.8. The van der Waals surface area contributed by atoms with E-state index >= 15 is 0 Å². The molecule has 100 valence electrons. The number of aliphatic hydroxyl groups is 1. The van der Waals surface area contributed by atoms with Gasteiger partial charge in [-0.2, -0.15) is 0 Å². The summed E-state index contributed by atoms with van der Waals surface area (Å²) in [5.74, 6) is 0. The lowest BCUT2D eigenvalue weighted by Crippen LogP contribution is -2.23. The summed E-state index contributed by atoms with van der Waals surface area (Å²) in [7, 11) is 0. The van der Waals surface area contributed by atoms with Crippen LogP contribution in [-0.2, 0) is 1.43 Å². The van der Waals surface area contributed by atoms with E-state index < -0.39 is 6.10 Å². The van der Waals surface area contributed by atoms with E-state index in [4.69, 9.17) is 0 Å². The monoisotopic (exact) mass is 542 g/mol. The standard InChI is InChI=1S/C15H13BrI2O/c1-10(19)15(17,18)13-6-2-11(3-7-13)12-4-8-14(16)9-5-12/h2-10,19H,1H3. The number of benzene rings is 2. The number of rotatable bonds is 3. The minimum absolute atomic E-state index is 0.284. The smallest absolute Gasteiger partial charge is 0.124 e. The first-order chi connectivity index (χ1) is 8.91. The molecular weight excluding hydrogens is 530 g/mol. The number of halogens is 3. The minimum atomic E-state index is -0.396. The summed E-state index contributed by atoms with van der Waals surface area (Å²) < 4.78 is 0.800. The van der Waals surface area contributed by atoms with E-state index in [0.717, 1.165) is 10.0 Å². The van der Waals surface area contributed by atoms with E-state index in [0.29, 0.717) is 0 Å². The SMILES string of the molecule is CC(O)C(I)(I)c1ccc(-c2ccc(Br)cc2)cc1. The van der Waals surface area contributed by atoms with Gasteiger partial charge in [-0.15, -0.1) is 0 Å². The predicted octanol–water partition coefficient (Wildman–Crippen LogP) is 5.52. The maximum Gasteiger partial charge on any atom is 0.124 e. The molecular formula is C15H13BrI2O. The van der Waals surface area contributed by atoms with E-state index in [1.807, 2.05) is 19.1 Å². The van der Waals surface area contributed by atoms with E-state index in [9.17, 15) is 5.11 Å². The molecule has 19 heavy (non-hydrogen) atoms. The van der Waals surface area contributed by atoms with Gasteiger partial charge in [-0.1, -0.05) is 97.5 Å². The topological polar surface area (TPSA) is 20.2 Å². The molecule has 1 nitrogen and oxygen atoms in total. The van der Waals surface area contributed by atoms with Crippen molar-refractivity contribution in [1.29, 1.82) is 0 Å². The van der Waals surface area contributed by atoms with Crippen LogP contribution in [0.4, 0.5) is 0 Å². The van der Waals surface area contributed by atoms with Crippen molar-refractivity contribution in [2.45, 2.75) is 14.5 Å². The van der Waals surface area contributed by atoms with E-state index in [-0.39, 0.29) is 1.43 Å². The molecule has 0 saturated heterocycles. The molecule has 1 N–H and O–H groups in total. The van der Waals surface area contributed by atoms with Gasteiger partial charge in [0, 0.05) is 4.47 Å². The van der Waals surface area contributed by atoms with E-state index in [1.54, 1.807) is 0 Å². The average Bonchev–Trinajstić information content (AvgIpc) is 2.39. The molecule has 1 atom stereocenters. The molecule has 0 aliphatic carbocycles. The van der Waals surface area contributed by atoms with Gasteiger partial charge >= 0.3 is 0 Å². The van der Waals surface area contributed by atoms with Crippen LogP contribution < -0.4 is 0 Å². The highest BCUT2D eigenvalue weighted by Crippen LogP contribution is 2.42. The molecule has 0 radical (unpaired) electrons. The van der Waals surface area contributed by atoms with Gasteiger partial charge < -0.3 is 5.11 Å². The maximum atomic E-state index is 9.83. The zero-order valence-corrected chi connectivity index (χ0v) is 16.2. The molecule has 0 bridgehead atoms. The summed E-state index contributed by atoms with van der Waals surface area (Å²) in [5, 5.41) is 9.83. The normalized spacial score (nSPS) is 13.3. The second kappa shape index (κ2) is 6.41. The van der Waals surface area contributed by atoms with Crippen molar-refractivity contribution in [3.63, 3.8) is 0 Å². The molecule has 0 aromatic heterocycles. The van der Waals surface area contributed by atoms with Crippen molar-refractivity contribution in [1.82, 2.24) is 0 Å². The Morgan fingerprint density at radius 1 is 0.947 bits per heavy atom. The van der Waals surface area contributed by atoms with Gasteiger partial charge in [0.05, 0.1) is 6.10 Å². The summed E-state index contributed by atoms with van der Waals surface area (Å²) >= 11 is 8.03. The number of alkyl halides is 2. The largest absolute Gasteiger partial charge is 0.391 e. The molecule has 0 amide bonds. The van der Waals surface area contributed by atoms with Gasteiger partial charge in [-0.05, 0) is 35.7 Å². The van der Waals surface area contributed by atoms with Crippen molar-refractivity contribution in [3.8, 4) is 11.1 Å². The number of aliphatic hydroxyl groups excluding tert-OH is 1. The molecule has 0 fully saturated rings. The fourth-order valence-corrected chi connectivity index (χ4v) is 2.75. The van der Waals surface area contributed by atoms with Gasteiger partial charge in [-0.3, -0.25) is 0 Å². The quantitative estimate of drug-likeness (QED) is 0.400. The molecule has 2 rings (SSSR count). The molecule has 0 spiro atoms. The van der Waals surface area contributed by atoms with Crippen LogP contribution in [0, 0.1) is 0 Å². The Bertz CT molecular complexity index is 547. The Hall–Kier alpha value is 0.340. The predicted molar refractivity (Wildman–Crippen MR) is 101 cm³/mol. The number of hydrogen-bond donors (Lipinski definition) is 1. The fraction of sp³-hybridized carbons (Fsp3) is 0.200. The molecule has 0 aliphatic rings. The highest BCUT2D eigenvalue weighted by Gasteiger charge is 2.30. The summed E-state index contributed by atoms with van der Waals surface area (Å²) in [6, 6.07) is 16.6. The van der Waals surface area contributed by atoms with Gasteiger partial charge in [0.25, 0.3) is 0 Å². The van der Waals surface area contributed by atoms with Gasteiger partial charge in [0.1, 0.15) is 1.43 Å². The first kappa shape index (κ1) is 15.7. The Morgan fingerprint density at radius 2 is 1.37 bits per heavy atom. The van der Waals surface area contributed by atoms with Crippen molar-refractivity contribution in [3.05, 3.63) is 58.6 Å². The summed E-state index contributed by atoms with van der Waals surface area (Å²) in [5.41, 5.74) is 3.51. The van der Waals surface area contributed by atoms with Crippen molar-refractivity contribution in [2.75, 3.05) is 0 Å². The zero-order chi connectivity index (χ0) is 14.0. The molecule has 2 aromatic rings. The first-order valence-corrected chi connectivity index (χ1v) is 8.78. The molecule has 2 aromatic carbocycles. The Morgan fingerprint density at radius 3 is 1.79 bits per heavy atom. The third-order valence-corrected chi connectivity index (χ3v) is 6.55. The van der Waals surface area contributed by atoms with Crippen molar-refractivity contribution < 1.29 is 5.11 Å². The van der Waals surface area contributed by atoms with Crippen LogP contribution in [0.3, 0.4) is 0 Å². The summed E-state index contributed by atoms with van der Waals surface area (Å²) in [6.07, 6.45) is -0.396. The lowest BCUT2D eigenvalue weighted by atomic mass is 10.0. The van der Waals surface area contributed by atoms with Gasteiger partial charge in [-0.25, -0.2) is 0 Å². The summed E-state index contributed by atoms with van der Waals surface area (Å²) in [4.78, 5) is 0. The maximum absolute atomic E-state index is 9.83. The first-order valence-electron chi connectivity index (χ1n) is 5.83. The van der Waals surface area contributed by atoms with Crippen LogP contribution in [-0.4, -0.2) is 11.2 Å². The van der Waals surface area contributed by atoms with Gasteiger partial charge in [0.15, 0.2) is 0 Å². The van der Waals surface area contributed by atoms with Gasteiger partial charge in [0.2, 0.25) is 0 Å². The Kier molecular flexibility index (Phi) is 5.30. The third-order valence-electron chi connectivity index (χ3n) is 2.97. The van der Waals surface area contributed by atoms with Crippen LogP contribution in [0.5, 0.6) is 0 Å². The number of hydrogen-bond acceptors (Lipinski definition) is 1. The van der Waals surface area contributed by atoms with Crippen LogP contribution in [0.1, 0.15) is 12.5 Å². The van der Waals surface area contributed by atoms with Crippen molar-refractivity contribution >= 4 is 61.1 Å². The minimum Gasteiger partial charge on any atom is -0.391 e. The molecule has 0 aliphatic heterocycles. The van der Waals surface area contributed by atoms with Crippen molar-refractivity contribution in [2.24, 2.45) is 0 Å². The molecule has 1 unspecified atom stereocenters. The fourth-order valence-electron chi connectivity index (χ4n) is 1.77. The average molecular weight is 543 g/mol. The molecule has 0 saturated carbocycles. The van der Waals surface area contributed by atoms with E-state index in [1.165, 1.54) is 11.1 Å². The zero-order valence-electron chi connectivity index (χ0n) is 10.3. The molecule has 4 heteroatoms. The van der Waals surface area contributed by atoms with Crippen LogP contribution in [0.25, 0.3) is 11.1 Å². The molecule has 0 heterocycles. The highest BCUT2D eigenvalue weighted by molar-refractivity contribution is 14.2. The Balaban J connectivity index is 2.31. The summed E-state index contributed by atoms with van der Waals surface area (Å²) in [6.45, 7) is 1.82. The lowest BCUT2D eigenvalue weighted by Gasteiger charge is -2.24. The highest BCUT2D eigenvalue weighted by atomic mass is 127. The second-order valence-electron chi connectivity index (χ2n) is 4.38.